The number of nitriles is 1. The van der Waals surface area contributed by atoms with E-state index < -0.39 is 5.41 Å². The molecular formula is C13H20N2O3. The van der Waals surface area contributed by atoms with Gasteiger partial charge in [0.15, 0.2) is 0 Å². The lowest BCUT2D eigenvalue weighted by atomic mass is 9.79. The van der Waals surface area contributed by atoms with Gasteiger partial charge < -0.3 is 14.7 Å². The summed E-state index contributed by atoms with van der Waals surface area (Å²) in [6.45, 7) is 2.50. The minimum atomic E-state index is -0.871. The average molecular weight is 252 g/mol. The number of likely N-dealkylation sites (tertiary alicyclic amines) is 1. The van der Waals surface area contributed by atoms with E-state index in [-0.39, 0.29) is 12.5 Å². The van der Waals surface area contributed by atoms with E-state index in [2.05, 4.69) is 6.07 Å². The summed E-state index contributed by atoms with van der Waals surface area (Å²) in [5, 5.41) is 18.4. The number of carbonyl (C=O) groups is 1. The van der Waals surface area contributed by atoms with E-state index in [1.807, 2.05) is 0 Å². The molecule has 0 radical (unpaired) electrons. The van der Waals surface area contributed by atoms with Crippen LogP contribution in [0.5, 0.6) is 0 Å². The zero-order valence-corrected chi connectivity index (χ0v) is 10.6. The number of aliphatic hydroxyl groups excluding tert-OH is 1. The molecule has 0 unspecified atom stereocenters. The quantitative estimate of drug-likeness (QED) is 0.778. The van der Waals surface area contributed by atoms with Gasteiger partial charge in [-0.05, 0) is 31.6 Å². The van der Waals surface area contributed by atoms with Crippen LogP contribution in [0.4, 0.5) is 0 Å². The Labute approximate surface area is 107 Å². The Morgan fingerprint density at radius 2 is 2.00 bits per heavy atom. The standard InChI is InChI=1S/C13H20N2O3/c14-10-13(3-7-18-8-4-13)12(17)15-5-1-11(9-16)2-6-15/h11,16H,1-9H2. The number of ether oxygens (including phenoxy) is 1. The van der Waals surface area contributed by atoms with Crippen LogP contribution in [-0.4, -0.2) is 48.8 Å². The highest BCUT2D eigenvalue weighted by Gasteiger charge is 2.43. The van der Waals surface area contributed by atoms with Gasteiger partial charge in [-0.1, -0.05) is 0 Å². The van der Waals surface area contributed by atoms with E-state index in [1.54, 1.807) is 4.90 Å². The van der Waals surface area contributed by atoms with Crippen LogP contribution in [0.25, 0.3) is 0 Å². The third kappa shape index (κ3) is 2.50. The summed E-state index contributed by atoms with van der Waals surface area (Å²) in [4.78, 5) is 14.3. The van der Waals surface area contributed by atoms with Gasteiger partial charge in [-0.25, -0.2) is 0 Å². The average Bonchev–Trinajstić information content (AvgIpc) is 2.47. The first-order valence-corrected chi connectivity index (χ1v) is 6.61. The lowest BCUT2D eigenvalue weighted by Gasteiger charge is -2.38. The molecule has 0 atom stereocenters. The van der Waals surface area contributed by atoms with Crippen molar-refractivity contribution >= 4 is 5.91 Å². The Kier molecular flexibility index (Phi) is 4.20. The molecule has 2 aliphatic rings. The van der Waals surface area contributed by atoms with Crippen LogP contribution in [0.2, 0.25) is 0 Å². The van der Waals surface area contributed by atoms with Gasteiger partial charge in [0.05, 0.1) is 6.07 Å². The van der Waals surface area contributed by atoms with E-state index >= 15 is 0 Å². The summed E-state index contributed by atoms with van der Waals surface area (Å²) in [6, 6.07) is 2.22. The molecule has 1 amide bonds. The summed E-state index contributed by atoms with van der Waals surface area (Å²) in [5.74, 6) is 0.270. The SMILES string of the molecule is N#CC1(C(=O)N2CCC(CO)CC2)CCOCC1. The number of carbonyl (C=O) groups excluding carboxylic acids is 1. The van der Waals surface area contributed by atoms with Crippen molar-refractivity contribution in [3.05, 3.63) is 0 Å². The van der Waals surface area contributed by atoms with Crippen LogP contribution >= 0.6 is 0 Å². The molecule has 0 saturated carbocycles. The third-order valence-corrected chi connectivity index (χ3v) is 4.13. The van der Waals surface area contributed by atoms with E-state index in [1.165, 1.54) is 0 Å². The topological polar surface area (TPSA) is 73.6 Å². The molecule has 2 heterocycles. The van der Waals surface area contributed by atoms with Crippen molar-refractivity contribution in [1.82, 2.24) is 4.90 Å². The zero-order valence-electron chi connectivity index (χ0n) is 10.6. The summed E-state index contributed by atoms with van der Waals surface area (Å²) in [6.07, 6.45) is 2.67. The molecule has 0 aromatic carbocycles. The molecule has 100 valence electrons. The highest BCUT2D eigenvalue weighted by atomic mass is 16.5. The Morgan fingerprint density at radius 1 is 1.39 bits per heavy atom. The van der Waals surface area contributed by atoms with Crippen LogP contribution in [0, 0.1) is 22.7 Å². The first kappa shape index (κ1) is 13.3. The molecule has 0 bridgehead atoms. The van der Waals surface area contributed by atoms with E-state index in [4.69, 9.17) is 9.84 Å². The Bertz CT molecular complexity index is 337. The number of amides is 1. The Morgan fingerprint density at radius 3 is 2.50 bits per heavy atom. The molecule has 0 aromatic heterocycles. The maximum atomic E-state index is 12.5. The zero-order chi connectivity index (χ0) is 13.0. The molecule has 2 saturated heterocycles. The van der Waals surface area contributed by atoms with Crippen LogP contribution in [0.3, 0.4) is 0 Å². The summed E-state index contributed by atoms with van der Waals surface area (Å²) >= 11 is 0. The number of hydrogen-bond acceptors (Lipinski definition) is 4. The van der Waals surface area contributed by atoms with Gasteiger partial charge >= 0.3 is 0 Å². The van der Waals surface area contributed by atoms with Gasteiger partial charge in [-0.2, -0.15) is 5.26 Å². The first-order valence-electron chi connectivity index (χ1n) is 6.61. The molecule has 0 aliphatic carbocycles. The third-order valence-electron chi connectivity index (χ3n) is 4.13. The number of piperidine rings is 1. The number of rotatable bonds is 2. The van der Waals surface area contributed by atoms with Gasteiger partial charge in [0.2, 0.25) is 5.91 Å². The predicted octanol–water partition coefficient (Wildman–Crippen LogP) is 0.538. The highest BCUT2D eigenvalue weighted by molar-refractivity contribution is 5.85. The van der Waals surface area contributed by atoms with E-state index in [9.17, 15) is 10.1 Å². The second-order valence-electron chi connectivity index (χ2n) is 5.22. The Hall–Kier alpha value is -1.12. The smallest absolute Gasteiger partial charge is 0.243 e. The van der Waals surface area contributed by atoms with Crippen molar-refractivity contribution in [1.29, 1.82) is 5.26 Å². The molecular weight excluding hydrogens is 232 g/mol. The van der Waals surface area contributed by atoms with Crippen LogP contribution in [0.15, 0.2) is 0 Å². The molecule has 2 aliphatic heterocycles. The van der Waals surface area contributed by atoms with Crippen LogP contribution < -0.4 is 0 Å². The first-order chi connectivity index (χ1) is 8.72. The minimum Gasteiger partial charge on any atom is -0.396 e. The second-order valence-corrected chi connectivity index (χ2v) is 5.22. The molecule has 18 heavy (non-hydrogen) atoms. The Balaban J connectivity index is 2.00. The minimum absolute atomic E-state index is 0.0373. The molecule has 2 fully saturated rings. The maximum absolute atomic E-state index is 12.5. The highest BCUT2D eigenvalue weighted by Crippen LogP contribution is 2.33. The monoisotopic (exact) mass is 252 g/mol. The van der Waals surface area contributed by atoms with Gasteiger partial charge in [-0.3, -0.25) is 4.79 Å². The normalized spacial score (nSPS) is 24.6. The molecule has 0 aromatic rings. The number of hydrogen-bond donors (Lipinski definition) is 1. The van der Waals surface area contributed by atoms with Gasteiger partial charge in [0.25, 0.3) is 0 Å². The van der Waals surface area contributed by atoms with Crippen molar-refractivity contribution in [3.63, 3.8) is 0 Å². The fourth-order valence-electron chi connectivity index (χ4n) is 2.71. The maximum Gasteiger partial charge on any atom is 0.243 e. The number of nitrogens with zero attached hydrogens (tertiary/aromatic N) is 2. The van der Waals surface area contributed by atoms with Crippen molar-refractivity contribution in [2.75, 3.05) is 32.9 Å². The molecule has 0 spiro atoms. The van der Waals surface area contributed by atoms with Crippen molar-refractivity contribution in [2.45, 2.75) is 25.7 Å². The summed E-state index contributed by atoms with van der Waals surface area (Å²) in [5.41, 5.74) is -0.871. The number of aliphatic hydroxyl groups is 1. The lowest BCUT2D eigenvalue weighted by molar-refractivity contribution is -0.145. The van der Waals surface area contributed by atoms with E-state index in [0.717, 1.165) is 12.8 Å². The summed E-state index contributed by atoms with van der Waals surface area (Å²) < 4.78 is 5.24. The molecule has 2 rings (SSSR count). The largest absolute Gasteiger partial charge is 0.396 e. The molecule has 5 heteroatoms. The summed E-state index contributed by atoms with van der Waals surface area (Å²) in [7, 11) is 0. The van der Waals surface area contributed by atoms with Gasteiger partial charge in [0, 0.05) is 32.9 Å². The van der Waals surface area contributed by atoms with Gasteiger partial charge in [0.1, 0.15) is 5.41 Å². The molecule has 1 N–H and O–H groups in total. The van der Waals surface area contributed by atoms with Crippen molar-refractivity contribution in [3.8, 4) is 6.07 Å². The van der Waals surface area contributed by atoms with E-state index in [0.29, 0.717) is 45.1 Å². The fourth-order valence-corrected chi connectivity index (χ4v) is 2.71. The molecule has 5 nitrogen and oxygen atoms in total. The lowest BCUT2D eigenvalue weighted by Crippen LogP contribution is -2.49. The van der Waals surface area contributed by atoms with Crippen molar-refractivity contribution in [2.24, 2.45) is 11.3 Å². The predicted molar refractivity (Wildman–Crippen MR) is 64.5 cm³/mol. The van der Waals surface area contributed by atoms with Gasteiger partial charge in [-0.15, -0.1) is 0 Å². The van der Waals surface area contributed by atoms with Crippen LogP contribution in [-0.2, 0) is 9.53 Å². The fraction of sp³-hybridized carbons (Fsp3) is 0.846. The van der Waals surface area contributed by atoms with Crippen LogP contribution in [0.1, 0.15) is 25.7 Å². The van der Waals surface area contributed by atoms with Crippen molar-refractivity contribution < 1.29 is 14.6 Å². The second kappa shape index (κ2) is 5.68.